The van der Waals surface area contributed by atoms with Crippen LogP contribution in [-0.2, 0) is 14.3 Å². The molecule has 3 aliphatic rings. The normalized spacial score (nSPS) is 36.7. The molecule has 3 fully saturated rings. The van der Waals surface area contributed by atoms with Gasteiger partial charge in [-0.25, -0.2) is 0 Å². The van der Waals surface area contributed by atoms with Gasteiger partial charge in [-0.2, -0.15) is 3.89 Å². The number of halogens is 2. The van der Waals surface area contributed by atoms with Crippen molar-refractivity contribution in [3.05, 3.63) is 35.4 Å². The van der Waals surface area contributed by atoms with Crippen molar-refractivity contribution in [1.29, 1.82) is 0 Å². The Morgan fingerprint density at radius 3 is 2.45 bits per heavy atom. The summed E-state index contributed by atoms with van der Waals surface area (Å²) in [6.07, 6.45) is -0.318. The third-order valence-electron chi connectivity index (χ3n) is 7.58. The Hall–Kier alpha value is -0.630. The van der Waals surface area contributed by atoms with Crippen LogP contribution in [0.25, 0.3) is 0 Å². The molecule has 38 heavy (non-hydrogen) atoms. The molecule has 1 aromatic carbocycles. The third-order valence-corrected chi connectivity index (χ3v) is 8.71. The maximum absolute atomic E-state index is 13.4. The summed E-state index contributed by atoms with van der Waals surface area (Å²) in [5.74, 6) is 0.300. The van der Waals surface area contributed by atoms with Crippen molar-refractivity contribution < 1.29 is 33.5 Å². The van der Waals surface area contributed by atoms with Crippen LogP contribution in [0.4, 0.5) is 3.89 Å². The summed E-state index contributed by atoms with van der Waals surface area (Å²) >= 11 is 7.89. The lowest BCUT2D eigenvalue weighted by Gasteiger charge is -2.44. The van der Waals surface area contributed by atoms with Crippen LogP contribution < -0.4 is 10.6 Å². The predicted octanol–water partition coefficient (Wildman–Crippen LogP) is 2.36. The molecule has 3 saturated heterocycles. The Morgan fingerprint density at radius 1 is 1.18 bits per heavy atom. The Kier molecular flexibility index (Phi) is 12.5. The molecule has 0 radical (unpaired) electrons. The van der Waals surface area contributed by atoms with Crippen molar-refractivity contribution in [2.45, 2.75) is 86.0 Å². The van der Waals surface area contributed by atoms with E-state index >= 15 is 0 Å². The predicted molar refractivity (Wildman–Crippen MR) is 150 cm³/mol. The lowest BCUT2D eigenvalue weighted by Crippen LogP contribution is -2.65. The van der Waals surface area contributed by atoms with E-state index in [2.05, 4.69) is 41.8 Å². The summed E-state index contributed by atoms with van der Waals surface area (Å²) in [6.45, 7) is 5.03. The molecular formula is C26H40ClFN2O6S2. The first-order chi connectivity index (χ1) is 18.1. The summed E-state index contributed by atoms with van der Waals surface area (Å²) in [5, 5.41) is 36.8. The molecule has 1 amide bonds. The number of rotatable bonds is 6. The fourth-order valence-corrected chi connectivity index (χ4v) is 6.41. The number of aliphatic hydroxyl groups is 3. The number of nitrogens with one attached hydrogen (secondary N) is 2. The first kappa shape index (κ1) is 31.9. The number of hydrogen-bond donors (Lipinski definition) is 5. The van der Waals surface area contributed by atoms with E-state index in [0.717, 1.165) is 12.8 Å². The molecule has 4 rings (SSSR count). The second-order valence-corrected chi connectivity index (χ2v) is 12.1. The summed E-state index contributed by atoms with van der Waals surface area (Å²) in [5.41, 5.74) is 1.79. The number of aliphatic hydroxyl groups excluding tert-OH is 3. The van der Waals surface area contributed by atoms with Crippen molar-refractivity contribution in [1.82, 2.24) is 10.6 Å². The van der Waals surface area contributed by atoms with E-state index in [4.69, 9.17) is 21.1 Å². The molecule has 0 bridgehead atoms. The highest BCUT2D eigenvalue weighted by molar-refractivity contribution is 7.99. The minimum atomic E-state index is -1.40. The number of amides is 1. The van der Waals surface area contributed by atoms with E-state index in [1.54, 1.807) is 13.2 Å². The van der Waals surface area contributed by atoms with Crippen molar-refractivity contribution in [2.75, 3.05) is 25.7 Å². The lowest BCUT2D eigenvalue weighted by atomic mass is 9.85. The summed E-state index contributed by atoms with van der Waals surface area (Å²) in [7, 11) is 0. The van der Waals surface area contributed by atoms with Gasteiger partial charge in [0.1, 0.15) is 35.9 Å². The highest BCUT2D eigenvalue weighted by Crippen LogP contribution is 2.36. The van der Waals surface area contributed by atoms with E-state index in [1.807, 2.05) is 0 Å². The molecule has 3 aliphatic heterocycles. The van der Waals surface area contributed by atoms with E-state index in [0.29, 0.717) is 19.1 Å². The lowest BCUT2D eigenvalue weighted by molar-refractivity contribution is -0.205. The minimum Gasteiger partial charge on any atom is -0.388 e. The highest BCUT2D eigenvalue weighted by Gasteiger charge is 2.49. The van der Waals surface area contributed by atoms with E-state index in [9.17, 15) is 24.0 Å². The summed E-state index contributed by atoms with van der Waals surface area (Å²) in [6, 6.07) is 7.30. The number of fused-ring (bicyclic) bond motifs is 1. The zero-order valence-electron chi connectivity index (χ0n) is 22.1. The molecule has 12 heteroatoms. The second kappa shape index (κ2) is 14.8. The summed E-state index contributed by atoms with van der Waals surface area (Å²) in [4.78, 5) is 13.4. The molecule has 2 unspecified atom stereocenters. The molecule has 3 heterocycles. The largest absolute Gasteiger partial charge is 0.388 e. The number of aryl methyl sites for hydroxylation is 1. The van der Waals surface area contributed by atoms with Gasteiger partial charge in [0.2, 0.25) is 5.91 Å². The second-order valence-electron chi connectivity index (χ2n) is 10.2. The van der Waals surface area contributed by atoms with Crippen LogP contribution in [0.15, 0.2) is 24.3 Å². The molecule has 5 N–H and O–H groups in total. The van der Waals surface area contributed by atoms with Crippen LogP contribution in [-0.4, -0.2) is 100 Å². The first-order valence-electron chi connectivity index (χ1n) is 12.9. The molecule has 8 nitrogen and oxygen atoms in total. The van der Waals surface area contributed by atoms with Crippen molar-refractivity contribution in [3.63, 3.8) is 0 Å². The fourth-order valence-electron chi connectivity index (χ4n) is 5.52. The number of alkyl halides is 1. The van der Waals surface area contributed by atoms with Gasteiger partial charge in [-0.05, 0) is 44.4 Å². The number of benzene rings is 1. The Labute approximate surface area is 238 Å². The topological polar surface area (TPSA) is 120 Å². The van der Waals surface area contributed by atoms with E-state index < -0.39 is 47.3 Å². The van der Waals surface area contributed by atoms with E-state index in [-0.39, 0.29) is 30.1 Å². The van der Waals surface area contributed by atoms with Crippen molar-refractivity contribution >= 4 is 41.4 Å². The van der Waals surface area contributed by atoms with Crippen molar-refractivity contribution in [3.8, 4) is 0 Å². The molecule has 11 atom stereocenters. The van der Waals surface area contributed by atoms with Gasteiger partial charge in [-0.1, -0.05) is 29.8 Å². The van der Waals surface area contributed by atoms with Gasteiger partial charge >= 0.3 is 0 Å². The molecule has 0 spiro atoms. The smallest absolute Gasteiger partial charge is 0.240 e. The standard InChI is InChI=1S/C25H37ClN2O6S.CH3FS/c1-12-4-6-14(7-5-12)15-8-9-33-22-16(10-15)11-27-18(22)24(32)28-17(13(2)26)23-20(30)19(29)21(31)25(34-23)35-3;1-3-2/h4-7,13,15-23,25,27,29-31H,8-11H2,1-3H3,(H,28,32);1H3/t13-,15-,16-,17+,18-,19+,20?,21+,22+,23+,25?;/m0./s1. The molecule has 0 aliphatic carbocycles. The number of hydrogen-bond acceptors (Lipinski definition) is 9. The van der Waals surface area contributed by atoms with Gasteiger partial charge in [0.15, 0.2) is 0 Å². The maximum atomic E-state index is 13.4. The van der Waals surface area contributed by atoms with Gasteiger partial charge in [0.05, 0.1) is 17.5 Å². The molecule has 0 saturated carbocycles. The van der Waals surface area contributed by atoms with Crippen LogP contribution >= 0.6 is 35.5 Å². The molecular weight excluding hydrogens is 555 g/mol. The fraction of sp³-hybridized carbons (Fsp3) is 0.731. The van der Waals surface area contributed by atoms with Crippen LogP contribution in [0.5, 0.6) is 0 Å². The molecule has 216 valence electrons. The SMILES string of the molecule is CSC1O[C@H]([C@H](NC(=O)[C@H]2NC[C@@H]3C[C@@H](c4ccc(C)cc4)CCO[C@H]32)[C@H](C)Cl)C(O)[C@@H](O)[C@H]1O.CSF. The van der Waals surface area contributed by atoms with Gasteiger partial charge in [-0.15, -0.1) is 23.4 Å². The van der Waals surface area contributed by atoms with Gasteiger partial charge in [0.25, 0.3) is 0 Å². The third kappa shape index (κ3) is 7.55. The monoisotopic (exact) mass is 594 g/mol. The molecule has 1 aromatic rings. The number of ether oxygens (including phenoxy) is 2. The number of thioether (sulfide) groups is 1. The van der Waals surface area contributed by atoms with Crippen LogP contribution in [0.1, 0.15) is 36.8 Å². The Bertz CT molecular complexity index is 886. The quantitative estimate of drug-likeness (QED) is 0.316. The van der Waals surface area contributed by atoms with Crippen molar-refractivity contribution in [2.24, 2.45) is 5.92 Å². The zero-order chi connectivity index (χ0) is 28.0. The zero-order valence-corrected chi connectivity index (χ0v) is 24.5. The number of carbonyl (C=O) groups excluding carboxylic acids is 1. The van der Waals surface area contributed by atoms with Crippen LogP contribution in [0, 0.1) is 12.8 Å². The average molecular weight is 595 g/mol. The minimum absolute atomic E-state index is 0.195. The first-order valence-corrected chi connectivity index (χ1v) is 15.7. The Morgan fingerprint density at radius 2 is 1.84 bits per heavy atom. The van der Waals surface area contributed by atoms with Gasteiger partial charge < -0.3 is 35.4 Å². The maximum Gasteiger partial charge on any atom is 0.240 e. The molecule has 0 aromatic heterocycles. The van der Waals surface area contributed by atoms with Crippen LogP contribution in [0.2, 0.25) is 0 Å². The average Bonchev–Trinajstić information content (AvgIpc) is 3.17. The van der Waals surface area contributed by atoms with Gasteiger partial charge in [0, 0.05) is 37.5 Å². The van der Waals surface area contributed by atoms with Gasteiger partial charge in [-0.3, -0.25) is 4.79 Å². The number of carbonyl (C=O) groups is 1. The highest BCUT2D eigenvalue weighted by atomic mass is 35.5. The van der Waals surface area contributed by atoms with Crippen LogP contribution in [0.3, 0.4) is 0 Å². The Balaban J connectivity index is 0.00000127. The van der Waals surface area contributed by atoms with E-state index in [1.165, 1.54) is 29.1 Å². The summed E-state index contributed by atoms with van der Waals surface area (Å²) < 4.78 is 22.3.